The number of aromatic nitrogens is 2. The van der Waals surface area contributed by atoms with Crippen molar-refractivity contribution in [1.82, 2.24) is 9.97 Å². The van der Waals surface area contributed by atoms with Crippen LogP contribution in [0, 0.1) is 18.3 Å². The number of H-pyrrole nitrogens is 1. The second kappa shape index (κ2) is 8.07. The summed E-state index contributed by atoms with van der Waals surface area (Å²) in [5, 5.41) is 9.68. The fraction of sp³-hybridized carbons (Fsp3) is 0.200. The van der Waals surface area contributed by atoms with E-state index >= 15 is 0 Å². The van der Waals surface area contributed by atoms with Crippen molar-refractivity contribution in [3.05, 3.63) is 56.2 Å². The predicted molar refractivity (Wildman–Crippen MR) is 112 cm³/mol. The van der Waals surface area contributed by atoms with E-state index in [1.54, 1.807) is 6.08 Å². The minimum absolute atomic E-state index is 0.449. The maximum absolute atomic E-state index is 9.68. The van der Waals surface area contributed by atoms with Gasteiger partial charge in [-0.1, -0.05) is 28.9 Å². The molecule has 1 heterocycles. The first-order valence-corrected chi connectivity index (χ1v) is 9.80. The van der Waals surface area contributed by atoms with Crippen molar-refractivity contribution >= 4 is 54.5 Å². The number of rotatable bonds is 5. The van der Waals surface area contributed by atoms with Crippen LogP contribution in [0.4, 0.5) is 0 Å². The van der Waals surface area contributed by atoms with Gasteiger partial charge in [0.15, 0.2) is 0 Å². The van der Waals surface area contributed by atoms with E-state index in [9.17, 15) is 5.26 Å². The lowest BCUT2D eigenvalue weighted by Gasteiger charge is -2.11. The third kappa shape index (κ3) is 4.00. The molecule has 3 rings (SSSR count). The van der Waals surface area contributed by atoms with E-state index in [4.69, 9.17) is 4.74 Å². The molecule has 0 fully saturated rings. The van der Waals surface area contributed by atoms with Crippen LogP contribution >= 0.6 is 31.9 Å². The van der Waals surface area contributed by atoms with Gasteiger partial charge >= 0.3 is 0 Å². The quantitative estimate of drug-likeness (QED) is 0.444. The molecule has 0 saturated heterocycles. The zero-order valence-corrected chi connectivity index (χ0v) is 17.6. The van der Waals surface area contributed by atoms with Crippen molar-refractivity contribution in [3.8, 4) is 11.8 Å². The average molecular weight is 475 g/mol. The molecule has 0 amide bonds. The number of halogens is 2. The molecule has 132 valence electrons. The van der Waals surface area contributed by atoms with Crippen molar-refractivity contribution < 1.29 is 4.74 Å². The Hall–Kier alpha value is -2.10. The van der Waals surface area contributed by atoms with Crippen molar-refractivity contribution in [2.24, 2.45) is 0 Å². The standard InChI is InChI=1S/C20H17Br2N3O/c1-3-6-26-19-13(9-15(21)10-16(19)22)8-14(11-23)20-24-17-5-4-12(2)7-18(17)25-20/h4-5,7-10H,3,6H2,1-2H3,(H,24,25). The Labute approximate surface area is 169 Å². The van der Waals surface area contributed by atoms with Gasteiger partial charge in [0, 0.05) is 10.0 Å². The highest BCUT2D eigenvalue weighted by molar-refractivity contribution is 9.11. The zero-order chi connectivity index (χ0) is 18.7. The topological polar surface area (TPSA) is 61.7 Å². The summed E-state index contributed by atoms with van der Waals surface area (Å²) in [7, 11) is 0. The maximum atomic E-state index is 9.68. The van der Waals surface area contributed by atoms with Gasteiger partial charge in [0.05, 0.1) is 27.7 Å². The third-order valence-electron chi connectivity index (χ3n) is 3.80. The molecular formula is C20H17Br2N3O. The van der Waals surface area contributed by atoms with Gasteiger partial charge in [-0.25, -0.2) is 4.98 Å². The maximum Gasteiger partial charge on any atom is 0.149 e. The smallest absolute Gasteiger partial charge is 0.149 e. The summed E-state index contributed by atoms with van der Waals surface area (Å²) < 4.78 is 7.61. The Balaban J connectivity index is 2.09. The van der Waals surface area contributed by atoms with Crippen LogP contribution in [0.3, 0.4) is 0 Å². The molecule has 0 aliphatic heterocycles. The van der Waals surface area contributed by atoms with E-state index in [0.29, 0.717) is 18.0 Å². The number of nitriles is 1. The van der Waals surface area contributed by atoms with Crippen LogP contribution < -0.4 is 4.74 Å². The first-order chi connectivity index (χ1) is 12.5. The van der Waals surface area contributed by atoms with Crippen LogP contribution in [-0.4, -0.2) is 16.6 Å². The number of fused-ring (bicyclic) bond motifs is 1. The number of allylic oxidation sites excluding steroid dienone is 1. The highest BCUT2D eigenvalue weighted by Crippen LogP contribution is 2.35. The fourth-order valence-electron chi connectivity index (χ4n) is 2.60. The molecule has 0 spiro atoms. The van der Waals surface area contributed by atoms with E-state index in [2.05, 4.69) is 54.8 Å². The van der Waals surface area contributed by atoms with Gasteiger partial charge in [0.25, 0.3) is 0 Å². The summed E-state index contributed by atoms with van der Waals surface area (Å²) in [5.41, 5.74) is 4.16. The number of nitrogens with one attached hydrogen (secondary N) is 1. The first-order valence-electron chi connectivity index (χ1n) is 8.22. The van der Waals surface area contributed by atoms with E-state index in [1.165, 1.54) is 0 Å². The molecule has 2 aromatic carbocycles. The van der Waals surface area contributed by atoms with Crippen LogP contribution in [0.5, 0.6) is 5.75 Å². The molecule has 0 aliphatic rings. The number of nitrogens with zero attached hydrogens (tertiary/aromatic N) is 2. The van der Waals surface area contributed by atoms with Crippen LogP contribution in [0.1, 0.15) is 30.3 Å². The Morgan fingerprint density at radius 2 is 2.12 bits per heavy atom. The van der Waals surface area contributed by atoms with Gasteiger partial charge in [-0.3, -0.25) is 0 Å². The number of hydrogen-bond acceptors (Lipinski definition) is 3. The largest absolute Gasteiger partial charge is 0.492 e. The molecule has 0 aliphatic carbocycles. The number of imidazole rings is 1. The van der Waals surface area contributed by atoms with Crippen LogP contribution in [-0.2, 0) is 0 Å². The average Bonchev–Trinajstić information content (AvgIpc) is 3.01. The second-order valence-electron chi connectivity index (χ2n) is 5.93. The molecule has 0 saturated carbocycles. The van der Waals surface area contributed by atoms with Gasteiger partial charge in [0.1, 0.15) is 17.6 Å². The van der Waals surface area contributed by atoms with Crippen molar-refractivity contribution in [1.29, 1.82) is 5.26 Å². The normalized spacial score (nSPS) is 11.6. The molecule has 0 radical (unpaired) electrons. The van der Waals surface area contributed by atoms with Gasteiger partial charge in [0.2, 0.25) is 0 Å². The van der Waals surface area contributed by atoms with Crippen molar-refractivity contribution in [2.75, 3.05) is 6.61 Å². The van der Waals surface area contributed by atoms with E-state index in [1.807, 2.05) is 37.3 Å². The summed E-state index contributed by atoms with van der Waals surface area (Å²) in [4.78, 5) is 7.78. The van der Waals surface area contributed by atoms with Crippen LogP contribution in [0.2, 0.25) is 0 Å². The molecule has 0 atom stereocenters. The zero-order valence-electron chi connectivity index (χ0n) is 14.4. The Morgan fingerprint density at radius 1 is 1.31 bits per heavy atom. The van der Waals surface area contributed by atoms with Gasteiger partial charge in [-0.05, 0) is 65.2 Å². The lowest BCUT2D eigenvalue weighted by molar-refractivity contribution is 0.315. The van der Waals surface area contributed by atoms with E-state index in [-0.39, 0.29) is 0 Å². The molecular weight excluding hydrogens is 458 g/mol. The summed E-state index contributed by atoms with van der Waals surface area (Å²) >= 11 is 7.04. The van der Waals surface area contributed by atoms with Gasteiger partial charge in [-0.2, -0.15) is 5.26 Å². The lowest BCUT2D eigenvalue weighted by atomic mass is 10.1. The van der Waals surface area contributed by atoms with Gasteiger partial charge < -0.3 is 9.72 Å². The number of benzene rings is 2. The molecule has 4 nitrogen and oxygen atoms in total. The molecule has 6 heteroatoms. The highest BCUT2D eigenvalue weighted by Gasteiger charge is 2.13. The molecule has 26 heavy (non-hydrogen) atoms. The SMILES string of the molecule is CCCOc1c(Br)cc(Br)cc1C=C(C#N)c1nc2ccc(C)cc2[nH]1. The van der Waals surface area contributed by atoms with Crippen molar-refractivity contribution in [2.45, 2.75) is 20.3 Å². The molecule has 3 aromatic rings. The van der Waals surface area contributed by atoms with Gasteiger partial charge in [-0.15, -0.1) is 0 Å². The van der Waals surface area contributed by atoms with E-state index < -0.39 is 0 Å². The summed E-state index contributed by atoms with van der Waals surface area (Å²) in [6.45, 7) is 4.68. The second-order valence-corrected chi connectivity index (χ2v) is 7.70. The Morgan fingerprint density at radius 3 is 2.85 bits per heavy atom. The lowest BCUT2D eigenvalue weighted by Crippen LogP contribution is -1.98. The third-order valence-corrected chi connectivity index (χ3v) is 4.85. The minimum atomic E-state index is 0.449. The highest BCUT2D eigenvalue weighted by atomic mass is 79.9. The van der Waals surface area contributed by atoms with E-state index in [0.717, 1.165) is 43.3 Å². The molecule has 0 bridgehead atoms. The van der Waals surface area contributed by atoms with Crippen LogP contribution in [0.25, 0.3) is 22.7 Å². The number of aryl methyl sites for hydroxylation is 1. The summed E-state index contributed by atoms with van der Waals surface area (Å²) in [5.74, 6) is 1.26. The predicted octanol–water partition coefficient (Wildman–Crippen LogP) is 6.25. The Kier molecular flexibility index (Phi) is 5.80. The monoisotopic (exact) mass is 473 g/mol. The molecule has 1 aromatic heterocycles. The minimum Gasteiger partial charge on any atom is -0.492 e. The number of ether oxygens (including phenoxy) is 1. The summed E-state index contributed by atoms with van der Waals surface area (Å²) in [6.07, 6.45) is 2.70. The van der Waals surface area contributed by atoms with Crippen LogP contribution in [0.15, 0.2) is 39.3 Å². The summed E-state index contributed by atoms with van der Waals surface area (Å²) in [6, 6.07) is 12.1. The molecule has 1 N–H and O–H groups in total. The Bertz CT molecular complexity index is 1030. The number of hydrogen-bond donors (Lipinski definition) is 1. The fourth-order valence-corrected chi connectivity index (χ4v) is 3.98. The van der Waals surface area contributed by atoms with Crippen molar-refractivity contribution in [3.63, 3.8) is 0 Å². The molecule has 0 unspecified atom stereocenters. The number of aromatic amines is 1. The first kappa shape index (κ1) is 18.7.